The molecule has 1 atom stereocenters. The number of anilines is 4. The van der Waals surface area contributed by atoms with Gasteiger partial charge in [-0.05, 0) is 139 Å². The Bertz CT molecular complexity index is 2790. The maximum absolute atomic E-state index is 14.2. The van der Waals surface area contributed by atoms with Crippen LogP contribution in [0.25, 0.3) is 22.6 Å². The molecule has 59 heavy (non-hydrogen) atoms. The van der Waals surface area contributed by atoms with Gasteiger partial charge in [0.15, 0.2) is 0 Å². The molecule has 292 valence electrons. The van der Waals surface area contributed by atoms with E-state index in [1.165, 1.54) is 16.8 Å². The molecule has 1 heterocycles. The van der Waals surface area contributed by atoms with Gasteiger partial charge in [-0.3, -0.25) is 4.79 Å². The molecule has 0 bridgehead atoms. The maximum Gasteiger partial charge on any atom is 0.201 e. The van der Waals surface area contributed by atoms with Gasteiger partial charge in [-0.25, -0.2) is 0 Å². The summed E-state index contributed by atoms with van der Waals surface area (Å²) < 4.78 is 6.57. The molecule has 0 aliphatic heterocycles. The highest BCUT2D eigenvalue weighted by atomic mass is 16.3. The van der Waals surface area contributed by atoms with E-state index in [2.05, 4.69) is 152 Å². The lowest BCUT2D eigenvalue weighted by Crippen LogP contribution is -2.40. The van der Waals surface area contributed by atoms with Crippen molar-refractivity contribution < 1.29 is 4.42 Å². The average molecular weight is 771 g/mol. The van der Waals surface area contributed by atoms with Gasteiger partial charge in [-0.15, -0.1) is 0 Å². The van der Waals surface area contributed by atoms with Crippen LogP contribution in [-0.2, 0) is 6.42 Å². The van der Waals surface area contributed by atoms with E-state index in [0.29, 0.717) is 33.9 Å². The Balaban J connectivity index is 0.000000742. The van der Waals surface area contributed by atoms with Gasteiger partial charge in [0.2, 0.25) is 5.43 Å². The Kier molecular flexibility index (Phi) is 12.0. The first-order valence-electron chi connectivity index (χ1n) is 20.6. The van der Waals surface area contributed by atoms with Gasteiger partial charge in [-0.1, -0.05) is 128 Å². The zero-order chi connectivity index (χ0) is 40.6. The third-order valence-electron chi connectivity index (χ3n) is 11.3. The van der Waals surface area contributed by atoms with E-state index in [9.17, 15) is 4.79 Å². The lowest BCUT2D eigenvalue weighted by molar-refractivity contribution is 0.557. The van der Waals surface area contributed by atoms with Crippen LogP contribution in [0.15, 0.2) is 203 Å². The van der Waals surface area contributed by atoms with Crippen LogP contribution in [0.3, 0.4) is 0 Å². The van der Waals surface area contributed by atoms with E-state index in [1.54, 1.807) is 0 Å². The third-order valence-corrected chi connectivity index (χ3v) is 11.3. The number of benzene rings is 6. The lowest BCUT2D eigenvalue weighted by Gasteiger charge is -2.31. The Labute approximate surface area is 347 Å². The van der Waals surface area contributed by atoms with Crippen LogP contribution in [0.1, 0.15) is 48.4 Å². The van der Waals surface area contributed by atoms with Crippen molar-refractivity contribution in [1.82, 2.24) is 0 Å². The molecular formula is C55H50N2O2. The standard InChI is InChI=1S/C49H44N2O2.C6H6/c1-34-15-7-4-12-21-45(34)51(41-18-10-6-11-19-41)42-29-26-38(35(2)31-42)32-36-23-30-44-47(33-36)53-46-22-14-13-20-43(48(46)49(44)52)37-24-27-40(28-25-37)50(3)39-16-8-5-9-17-39;1-2-4-6-5-3-1/h4-6,8-13,16-31,33-34H,7,14-15,32H2,1-3H3;1-6H. The molecule has 0 radical (unpaired) electrons. The maximum atomic E-state index is 14.2. The predicted molar refractivity (Wildman–Crippen MR) is 248 cm³/mol. The minimum atomic E-state index is -0.00509. The van der Waals surface area contributed by atoms with E-state index in [-0.39, 0.29) is 5.43 Å². The second-order valence-corrected chi connectivity index (χ2v) is 15.3. The van der Waals surface area contributed by atoms with Crippen LogP contribution >= 0.6 is 0 Å². The molecule has 9 rings (SSSR count). The zero-order valence-electron chi connectivity index (χ0n) is 34.1. The van der Waals surface area contributed by atoms with Crippen molar-refractivity contribution in [2.75, 3.05) is 16.8 Å². The molecular weight excluding hydrogens is 721 g/mol. The largest absolute Gasteiger partial charge is 0.456 e. The minimum absolute atomic E-state index is 0.00509. The molecule has 1 unspecified atom stereocenters. The van der Waals surface area contributed by atoms with E-state index in [1.807, 2.05) is 72.8 Å². The van der Waals surface area contributed by atoms with Crippen LogP contribution in [0.2, 0.25) is 0 Å². The molecule has 6 aromatic carbocycles. The van der Waals surface area contributed by atoms with Gasteiger partial charge in [-0.2, -0.15) is 0 Å². The highest BCUT2D eigenvalue weighted by molar-refractivity contribution is 5.82. The lowest BCUT2D eigenvalue weighted by atomic mass is 9.97. The fourth-order valence-electron chi connectivity index (χ4n) is 7.98. The normalized spacial score (nSPS) is 14.5. The summed E-state index contributed by atoms with van der Waals surface area (Å²) >= 11 is 0. The Hall–Kier alpha value is -6.91. The molecule has 4 nitrogen and oxygen atoms in total. The van der Waals surface area contributed by atoms with Crippen molar-refractivity contribution in [2.24, 2.45) is 5.92 Å². The molecule has 0 amide bonds. The summed E-state index contributed by atoms with van der Waals surface area (Å²) in [4.78, 5) is 18.8. The second kappa shape index (κ2) is 18.1. The third kappa shape index (κ3) is 8.83. The fourth-order valence-corrected chi connectivity index (χ4v) is 7.98. The Morgan fingerprint density at radius 2 is 1.34 bits per heavy atom. The van der Waals surface area contributed by atoms with Crippen molar-refractivity contribution in [3.05, 3.63) is 237 Å². The number of allylic oxidation sites excluding steroid dienone is 6. The Morgan fingerprint density at radius 1 is 0.695 bits per heavy atom. The van der Waals surface area contributed by atoms with Crippen LogP contribution in [-0.4, -0.2) is 7.05 Å². The van der Waals surface area contributed by atoms with Crippen LogP contribution in [0.5, 0.6) is 0 Å². The summed E-state index contributed by atoms with van der Waals surface area (Å²) in [5, 5.41) is 1.21. The van der Waals surface area contributed by atoms with Crippen molar-refractivity contribution in [2.45, 2.75) is 39.5 Å². The topological polar surface area (TPSA) is 36.7 Å². The monoisotopic (exact) mass is 770 g/mol. The van der Waals surface area contributed by atoms with Crippen LogP contribution in [0.4, 0.5) is 22.7 Å². The summed E-state index contributed by atoms with van der Waals surface area (Å²) in [5.74, 6) is 0.432. The number of hydrogen-bond acceptors (Lipinski definition) is 4. The average Bonchev–Trinajstić information content (AvgIpc) is 3.64. The number of rotatable bonds is 8. The fraction of sp³-hybridized carbons (Fsp3) is 0.145. The van der Waals surface area contributed by atoms with E-state index in [4.69, 9.17) is 4.42 Å². The summed E-state index contributed by atoms with van der Waals surface area (Å²) in [5.41, 5.74) is 12.5. The highest BCUT2D eigenvalue weighted by Gasteiger charge is 2.21. The molecule has 0 saturated heterocycles. The van der Waals surface area contributed by atoms with Gasteiger partial charge in [0.25, 0.3) is 0 Å². The second-order valence-electron chi connectivity index (χ2n) is 15.3. The van der Waals surface area contributed by atoms with Gasteiger partial charge in [0.1, 0.15) is 11.0 Å². The smallest absolute Gasteiger partial charge is 0.201 e. The van der Waals surface area contributed by atoms with E-state index < -0.39 is 0 Å². The van der Waals surface area contributed by atoms with Crippen molar-refractivity contribution >= 4 is 45.4 Å². The van der Waals surface area contributed by atoms with Crippen LogP contribution in [0, 0.1) is 12.8 Å². The number of nitrogens with zero attached hydrogens (tertiary/aromatic N) is 2. The zero-order valence-corrected chi connectivity index (χ0v) is 34.1. The first-order valence-corrected chi connectivity index (χ1v) is 20.6. The molecule has 1 aromatic heterocycles. The molecule has 0 spiro atoms. The van der Waals surface area contributed by atoms with E-state index in [0.717, 1.165) is 58.7 Å². The van der Waals surface area contributed by atoms with Crippen molar-refractivity contribution in [3.8, 4) is 0 Å². The first-order chi connectivity index (χ1) is 28.9. The summed E-state index contributed by atoms with van der Waals surface area (Å²) in [6, 6.07) is 54.2. The summed E-state index contributed by atoms with van der Waals surface area (Å²) in [6.07, 6.45) is 16.6. The highest BCUT2D eigenvalue weighted by Crippen LogP contribution is 2.36. The number of hydrogen-bond donors (Lipinski definition) is 0. The molecule has 2 aliphatic rings. The summed E-state index contributed by atoms with van der Waals surface area (Å²) in [7, 11) is 2.06. The molecule has 2 aliphatic carbocycles. The van der Waals surface area contributed by atoms with Gasteiger partial charge >= 0.3 is 0 Å². The van der Waals surface area contributed by atoms with Crippen molar-refractivity contribution in [3.63, 3.8) is 0 Å². The molecule has 7 aromatic rings. The number of para-hydroxylation sites is 2. The molecule has 0 N–H and O–H groups in total. The number of aryl methyl sites for hydroxylation is 1. The number of fused-ring (bicyclic) bond motifs is 2. The van der Waals surface area contributed by atoms with Crippen LogP contribution < -0.4 is 25.9 Å². The molecule has 0 saturated carbocycles. The van der Waals surface area contributed by atoms with Gasteiger partial charge < -0.3 is 14.2 Å². The molecule has 0 fully saturated rings. The summed E-state index contributed by atoms with van der Waals surface area (Å²) in [6.45, 7) is 4.52. The van der Waals surface area contributed by atoms with E-state index >= 15 is 0 Å². The molecule has 4 heteroatoms. The predicted octanol–water partition coefficient (Wildman–Crippen LogP) is 12.1. The minimum Gasteiger partial charge on any atom is -0.456 e. The Morgan fingerprint density at radius 3 is 2.03 bits per heavy atom. The van der Waals surface area contributed by atoms with Gasteiger partial charge in [0.05, 0.1) is 10.6 Å². The van der Waals surface area contributed by atoms with Crippen molar-refractivity contribution in [1.29, 1.82) is 0 Å². The SMILES string of the molecule is Cc1cc(N(C2=CC=CCCC2C)c2ccccc2)ccc1Cc1ccc2c(=O)c3c(oc2c1)=CCC=CC=3c1ccc(N(C)c2ccccc2)cc1.c1ccccc1. The van der Waals surface area contributed by atoms with Gasteiger partial charge in [0, 0.05) is 35.5 Å². The first kappa shape index (κ1) is 38.9. The quantitative estimate of drug-likeness (QED) is 0.154.